The van der Waals surface area contributed by atoms with E-state index in [1.807, 2.05) is 0 Å². The lowest BCUT2D eigenvalue weighted by molar-refractivity contribution is -0.384. The number of rotatable bonds is 8. The molecule has 1 amide bonds. The van der Waals surface area contributed by atoms with Crippen molar-refractivity contribution in [1.29, 1.82) is 5.26 Å². The van der Waals surface area contributed by atoms with Gasteiger partial charge in [0.2, 0.25) is 0 Å². The number of nitrogens with zero attached hydrogens (tertiary/aromatic N) is 2. The standard InChI is InChI=1S/C19H18N4O6/c1-27-16-7-4-13(8-18(16)29-3)21-11-12(10-20)19(24)22-15-6-5-14(23(25)26)9-17(15)28-2/h4-9,11,21H,1-3H3,(H,22,24)/b12-11-. The predicted molar refractivity (Wildman–Crippen MR) is 105 cm³/mol. The van der Waals surface area contributed by atoms with Crippen molar-refractivity contribution in [1.82, 2.24) is 0 Å². The topological polar surface area (TPSA) is 136 Å². The van der Waals surface area contributed by atoms with Gasteiger partial charge in [-0.05, 0) is 18.2 Å². The third-order valence-electron chi connectivity index (χ3n) is 3.78. The zero-order chi connectivity index (χ0) is 21.4. The van der Waals surface area contributed by atoms with Gasteiger partial charge in [0.1, 0.15) is 17.4 Å². The number of nitrogens with one attached hydrogen (secondary N) is 2. The van der Waals surface area contributed by atoms with E-state index in [9.17, 15) is 20.2 Å². The Morgan fingerprint density at radius 2 is 1.76 bits per heavy atom. The summed E-state index contributed by atoms with van der Waals surface area (Å²) in [7, 11) is 4.31. The molecule has 0 aromatic heterocycles. The van der Waals surface area contributed by atoms with Crippen LogP contribution in [-0.2, 0) is 4.79 Å². The van der Waals surface area contributed by atoms with Gasteiger partial charge in [-0.2, -0.15) is 5.26 Å². The van der Waals surface area contributed by atoms with Crippen LogP contribution >= 0.6 is 0 Å². The first kappa shape index (κ1) is 21.0. The maximum atomic E-state index is 12.4. The summed E-state index contributed by atoms with van der Waals surface area (Å²) >= 11 is 0. The summed E-state index contributed by atoms with van der Waals surface area (Å²) in [5.41, 5.74) is 0.345. The van der Waals surface area contributed by atoms with Crippen LogP contribution in [0.4, 0.5) is 17.1 Å². The molecule has 0 aliphatic rings. The van der Waals surface area contributed by atoms with Crippen LogP contribution in [0.25, 0.3) is 0 Å². The third-order valence-corrected chi connectivity index (χ3v) is 3.78. The molecule has 2 N–H and O–H groups in total. The lowest BCUT2D eigenvalue weighted by Crippen LogP contribution is -2.15. The van der Waals surface area contributed by atoms with E-state index >= 15 is 0 Å². The summed E-state index contributed by atoms with van der Waals surface area (Å²) in [4.78, 5) is 22.7. The first-order valence-electron chi connectivity index (χ1n) is 8.16. The minimum Gasteiger partial charge on any atom is -0.494 e. The fourth-order valence-corrected chi connectivity index (χ4v) is 2.32. The van der Waals surface area contributed by atoms with E-state index in [4.69, 9.17) is 14.2 Å². The van der Waals surface area contributed by atoms with Gasteiger partial charge in [-0.25, -0.2) is 0 Å². The highest BCUT2D eigenvalue weighted by molar-refractivity contribution is 6.07. The molecule has 0 aliphatic carbocycles. The van der Waals surface area contributed by atoms with Gasteiger partial charge in [0, 0.05) is 24.0 Å². The number of hydrogen-bond acceptors (Lipinski definition) is 8. The lowest BCUT2D eigenvalue weighted by Gasteiger charge is -2.11. The Hall–Kier alpha value is -4.26. The number of carbonyl (C=O) groups is 1. The molecule has 2 aromatic carbocycles. The molecule has 0 unspecified atom stereocenters. The highest BCUT2D eigenvalue weighted by Crippen LogP contribution is 2.30. The number of nitriles is 1. The molecule has 2 aromatic rings. The van der Waals surface area contributed by atoms with Gasteiger partial charge < -0.3 is 24.8 Å². The van der Waals surface area contributed by atoms with Crippen LogP contribution < -0.4 is 24.8 Å². The number of hydrogen-bond donors (Lipinski definition) is 2. The molecule has 10 heteroatoms. The molecule has 0 fully saturated rings. The number of carbonyl (C=O) groups excluding carboxylic acids is 1. The van der Waals surface area contributed by atoms with E-state index in [-0.39, 0.29) is 22.7 Å². The zero-order valence-corrected chi connectivity index (χ0v) is 15.9. The summed E-state index contributed by atoms with van der Waals surface area (Å²) in [6.45, 7) is 0. The van der Waals surface area contributed by atoms with E-state index in [1.54, 1.807) is 24.3 Å². The van der Waals surface area contributed by atoms with Crippen molar-refractivity contribution < 1.29 is 23.9 Å². The first-order valence-corrected chi connectivity index (χ1v) is 8.16. The molecular weight excluding hydrogens is 380 g/mol. The number of ether oxygens (including phenoxy) is 3. The molecule has 2 rings (SSSR count). The second kappa shape index (κ2) is 9.61. The Kier molecular flexibility index (Phi) is 6.97. The van der Waals surface area contributed by atoms with Gasteiger partial charge in [-0.1, -0.05) is 0 Å². The van der Waals surface area contributed by atoms with Gasteiger partial charge in [0.15, 0.2) is 11.5 Å². The molecule has 0 atom stereocenters. The minimum atomic E-state index is -0.715. The maximum absolute atomic E-state index is 12.4. The van der Waals surface area contributed by atoms with Gasteiger partial charge >= 0.3 is 0 Å². The van der Waals surface area contributed by atoms with Crippen molar-refractivity contribution in [3.63, 3.8) is 0 Å². The molecule has 0 aliphatic heterocycles. The fourth-order valence-electron chi connectivity index (χ4n) is 2.32. The largest absolute Gasteiger partial charge is 0.494 e. The number of nitro groups is 1. The number of amides is 1. The smallest absolute Gasteiger partial charge is 0.273 e. The van der Waals surface area contributed by atoms with Crippen LogP contribution in [0.3, 0.4) is 0 Å². The third kappa shape index (κ3) is 5.14. The van der Waals surface area contributed by atoms with Crippen LogP contribution in [0, 0.1) is 21.4 Å². The molecule has 29 heavy (non-hydrogen) atoms. The Morgan fingerprint density at radius 1 is 1.07 bits per heavy atom. The van der Waals surface area contributed by atoms with Gasteiger partial charge in [-0.15, -0.1) is 0 Å². The van der Waals surface area contributed by atoms with Crippen molar-refractivity contribution in [2.75, 3.05) is 32.0 Å². The molecule has 150 valence electrons. The molecule has 0 saturated heterocycles. The normalized spacial score (nSPS) is 10.5. The Bertz CT molecular complexity index is 997. The molecular formula is C19H18N4O6. The zero-order valence-electron chi connectivity index (χ0n) is 15.9. The maximum Gasteiger partial charge on any atom is 0.273 e. The number of methoxy groups -OCH3 is 3. The summed E-state index contributed by atoms with van der Waals surface area (Å²) < 4.78 is 15.4. The van der Waals surface area contributed by atoms with Gasteiger partial charge in [0.05, 0.1) is 38.0 Å². The number of nitro benzene ring substituents is 1. The average molecular weight is 398 g/mol. The molecule has 0 saturated carbocycles. The van der Waals surface area contributed by atoms with Gasteiger partial charge in [-0.3, -0.25) is 14.9 Å². The van der Waals surface area contributed by atoms with E-state index in [1.165, 1.54) is 45.7 Å². The monoisotopic (exact) mass is 398 g/mol. The molecule has 0 radical (unpaired) electrons. The van der Waals surface area contributed by atoms with Crippen molar-refractivity contribution in [3.8, 4) is 23.3 Å². The van der Waals surface area contributed by atoms with Crippen molar-refractivity contribution in [2.45, 2.75) is 0 Å². The van der Waals surface area contributed by atoms with Crippen LogP contribution in [0.1, 0.15) is 0 Å². The molecule has 10 nitrogen and oxygen atoms in total. The van der Waals surface area contributed by atoms with Crippen LogP contribution in [0.5, 0.6) is 17.2 Å². The number of anilines is 2. The predicted octanol–water partition coefficient (Wildman–Crippen LogP) is 3.08. The van der Waals surface area contributed by atoms with E-state index in [0.29, 0.717) is 17.2 Å². The SMILES string of the molecule is COc1cc([N+](=O)[O-])ccc1NC(=O)/C(C#N)=C\Nc1ccc(OC)c(OC)c1. The highest BCUT2D eigenvalue weighted by atomic mass is 16.6. The molecule has 0 spiro atoms. The van der Waals surface area contributed by atoms with Crippen LogP contribution in [-0.4, -0.2) is 32.2 Å². The van der Waals surface area contributed by atoms with Gasteiger partial charge in [0.25, 0.3) is 11.6 Å². The van der Waals surface area contributed by atoms with Crippen molar-refractivity contribution in [3.05, 3.63) is 58.3 Å². The number of non-ortho nitro benzene ring substituents is 1. The van der Waals surface area contributed by atoms with E-state index in [0.717, 1.165) is 0 Å². The fraction of sp³-hybridized carbons (Fsp3) is 0.158. The summed E-state index contributed by atoms with van der Waals surface area (Å²) in [6, 6.07) is 10.5. The summed E-state index contributed by atoms with van der Waals surface area (Å²) in [6.07, 6.45) is 1.23. The Labute approximate surface area is 166 Å². The second-order valence-corrected chi connectivity index (χ2v) is 5.48. The second-order valence-electron chi connectivity index (χ2n) is 5.48. The quantitative estimate of drug-likeness (QED) is 0.300. The van der Waals surface area contributed by atoms with E-state index in [2.05, 4.69) is 10.6 Å². The first-order chi connectivity index (χ1) is 13.9. The average Bonchev–Trinajstić information content (AvgIpc) is 2.73. The van der Waals surface area contributed by atoms with Crippen molar-refractivity contribution >= 4 is 23.0 Å². The molecule has 0 bridgehead atoms. The van der Waals surface area contributed by atoms with Crippen LogP contribution in [0.2, 0.25) is 0 Å². The summed E-state index contributed by atoms with van der Waals surface area (Å²) in [5.74, 6) is 0.389. The minimum absolute atomic E-state index is 0.0951. The Morgan fingerprint density at radius 3 is 2.34 bits per heavy atom. The van der Waals surface area contributed by atoms with Crippen LogP contribution in [0.15, 0.2) is 48.2 Å². The number of benzene rings is 2. The highest BCUT2D eigenvalue weighted by Gasteiger charge is 2.16. The molecule has 0 heterocycles. The van der Waals surface area contributed by atoms with E-state index < -0.39 is 10.8 Å². The lowest BCUT2D eigenvalue weighted by atomic mass is 10.2. The Balaban J connectivity index is 2.19. The van der Waals surface area contributed by atoms with Crippen molar-refractivity contribution in [2.24, 2.45) is 0 Å². The summed E-state index contributed by atoms with van der Waals surface area (Å²) in [5, 5.41) is 25.5.